The number of rotatable bonds is 5. The van der Waals surface area contributed by atoms with Gasteiger partial charge in [0.2, 0.25) is 0 Å². The number of hydrogen-bond donors (Lipinski definition) is 2. The molecule has 0 aliphatic carbocycles. The maximum Gasteiger partial charge on any atom is 0.335 e. The van der Waals surface area contributed by atoms with Crippen LogP contribution in [0.25, 0.3) is 22.1 Å². The third kappa shape index (κ3) is 3.48. The van der Waals surface area contributed by atoms with Crippen LogP contribution in [-0.4, -0.2) is 61.8 Å². The number of nitrogens with zero attached hydrogens (tertiary/aromatic N) is 4. The molecular formula is C21H21N5O3. The normalized spacial score (nSPS) is 15.3. The fraction of sp³-hybridized carbons (Fsp3) is 0.286. The molecule has 8 nitrogen and oxygen atoms in total. The number of fused-ring (bicyclic) bond motifs is 2. The highest BCUT2D eigenvalue weighted by molar-refractivity contribution is 5.92. The van der Waals surface area contributed by atoms with Crippen molar-refractivity contribution < 1.29 is 14.6 Å². The average Bonchev–Trinajstić information content (AvgIpc) is 3.29. The van der Waals surface area contributed by atoms with E-state index in [1.54, 1.807) is 18.2 Å². The minimum absolute atomic E-state index is 0.251. The molecule has 1 aliphatic rings. The first kappa shape index (κ1) is 17.8. The lowest BCUT2D eigenvalue weighted by Gasteiger charge is -2.26. The van der Waals surface area contributed by atoms with Gasteiger partial charge in [-0.3, -0.25) is 4.90 Å². The van der Waals surface area contributed by atoms with E-state index >= 15 is 0 Å². The Labute approximate surface area is 166 Å². The number of aromatic amines is 1. The van der Waals surface area contributed by atoms with Crippen molar-refractivity contribution in [1.29, 1.82) is 0 Å². The first-order valence-electron chi connectivity index (χ1n) is 9.63. The first-order valence-corrected chi connectivity index (χ1v) is 9.63. The minimum Gasteiger partial charge on any atom is -0.478 e. The molecule has 1 fully saturated rings. The number of morpholine rings is 1. The maximum atomic E-state index is 11.5. The Hall–Kier alpha value is -3.23. The number of nitrogens with one attached hydrogen (secondary N) is 1. The van der Waals surface area contributed by atoms with E-state index in [0.29, 0.717) is 26.3 Å². The van der Waals surface area contributed by atoms with Gasteiger partial charge >= 0.3 is 5.97 Å². The molecule has 0 spiro atoms. The summed E-state index contributed by atoms with van der Waals surface area (Å²) >= 11 is 0. The number of imidazole rings is 2. The summed E-state index contributed by atoms with van der Waals surface area (Å²) in [6.07, 6.45) is 0. The maximum absolute atomic E-state index is 11.5. The van der Waals surface area contributed by atoms with Crippen LogP contribution in [0.5, 0.6) is 0 Å². The smallest absolute Gasteiger partial charge is 0.335 e. The molecule has 0 unspecified atom stereocenters. The van der Waals surface area contributed by atoms with Gasteiger partial charge in [-0.15, -0.1) is 0 Å². The SMILES string of the molecule is O=C(O)c1ccc2nc(CN3CCOCC3)n(Cc3nc4ccccc4[nH]3)c2c1. The number of carboxylic acid groups (broad SMARTS) is 1. The number of carbonyl (C=O) groups is 1. The van der Waals surface area contributed by atoms with Gasteiger partial charge in [0.25, 0.3) is 0 Å². The molecule has 0 amide bonds. The van der Waals surface area contributed by atoms with Gasteiger partial charge in [-0.05, 0) is 30.3 Å². The number of hydrogen-bond acceptors (Lipinski definition) is 5. The Bertz CT molecular complexity index is 1160. The van der Waals surface area contributed by atoms with E-state index in [9.17, 15) is 9.90 Å². The largest absolute Gasteiger partial charge is 0.478 e. The Morgan fingerprint density at radius 3 is 2.69 bits per heavy atom. The van der Waals surface area contributed by atoms with E-state index < -0.39 is 5.97 Å². The number of benzene rings is 2. The quantitative estimate of drug-likeness (QED) is 0.543. The topological polar surface area (TPSA) is 96.3 Å². The van der Waals surface area contributed by atoms with Gasteiger partial charge in [0, 0.05) is 13.1 Å². The van der Waals surface area contributed by atoms with Crippen LogP contribution in [0, 0.1) is 0 Å². The van der Waals surface area contributed by atoms with Crippen LogP contribution in [0.3, 0.4) is 0 Å². The molecule has 5 rings (SSSR count). The van der Waals surface area contributed by atoms with Gasteiger partial charge in [-0.2, -0.15) is 0 Å². The van der Waals surface area contributed by atoms with Crippen molar-refractivity contribution in [3.05, 3.63) is 59.7 Å². The van der Waals surface area contributed by atoms with Crippen molar-refractivity contribution in [2.45, 2.75) is 13.1 Å². The van der Waals surface area contributed by atoms with Crippen molar-refractivity contribution in [3.8, 4) is 0 Å². The van der Waals surface area contributed by atoms with E-state index in [2.05, 4.69) is 19.4 Å². The molecular weight excluding hydrogens is 370 g/mol. The molecule has 2 N–H and O–H groups in total. The summed E-state index contributed by atoms with van der Waals surface area (Å²) in [7, 11) is 0. The summed E-state index contributed by atoms with van der Waals surface area (Å²) in [5.41, 5.74) is 3.73. The summed E-state index contributed by atoms with van der Waals surface area (Å²) < 4.78 is 7.51. The van der Waals surface area contributed by atoms with E-state index in [1.165, 1.54) is 0 Å². The Balaban J connectivity index is 1.57. The standard InChI is InChI=1S/C21H21N5O3/c27-21(28)14-5-6-17-18(11-14)26(20(24-17)13-25-7-9-29-10-8-25)12-19-22-15-3-1-2-4-16(15)23-19/h1-6,11H,7-10,12-13H2,(H,22,23)(H,27,28). The molecule has 2 aromatic heterocycles. The zero-order chi connectivity index (χ0) is 19.8. The number of carboxylic acids is 1. The second kappa shape index (κ2) is 7.31. The van der Waals surface area contributed by atoms with E-state index in [1.807, 2.05) is 24.3 Å². The van der Waals surface area contributed by atoms with Crippen molar-refractivity contribution >= 4 is 28.0 Å². The molecule has 2 aromatic carbocycles. The molecule has 29 heavy (non-hydrogen) atoms. The second-order valence-corrected chi connectivity index (χ2v) is 7.21. The van der Waals surface area contributed by atoms with Crippen molar-refractivity contribution in [2.75, 3.05) is 26.3 Å². The van der Waals surface area contributed by atoms with Crippen LogP contribution < -0.4 is 0 Å². The molecule has 1 aliphatic heterocycles. The van der Waals surface area contributed by atoms with Crippen LogP contribution in [0.4, 0.5) is 0 Å². The van der Waals surface area contributed by atoms with Crippen LogP contribution >= 0.6 is 0 Å². The number of para-hydroxylation sites is 2. The van der Waals surface area contributed by atoms with Gasteiger partial charge in [-0.1, -0.05) is 12.1 Å². The Kier molecular flexibility index (Phi) is 4.49. The lowest BCUT2D eigenvalue weighted by Crippen LogP contribution is -2.36. The molecule has 148 valence electrons. The lowest BCUT2D eigenvalue weighted by molar-refractivity contribution is 0.0327. The minimum atomic E-state index is -0.946. The van der Waals surface area contributed by atoms with Crippen molar-refractivity contribution in [2.24, 2.45) is 0 Å². The molecule has 0 atom stereocenters. The monoisotopic (exact) mass is 391 g/mol. The average molecular weight is 391 g/mol. The fourth-order valence-corrected chi connectivity index (χ4v) is 3.79. The van der Waals surface area contributed by atoms with Gasteiger partial charge in [-0.25, -0.2) is 14.8 Å². The highest BCUT2D eigenvalue weighted by Gasteiger charge is 2.19. The molecule has 3 heterocycles. The summed E-state index contributed by atoms with van der Waals surface area (Å²) in [4.78, 5) is 26.6. The Morgan fingerprint density at radius 2 is 1.90 bits per heavy atom. The predicted molar refractivity (Wildman–Crippen MR) is 108 cm³/mol. The third-order valence-corrected chi connectivity index (χ3v) is 5.29. The summed E-state index contributed by atoms with van der Waals surface area (Å²) in [6.45, 7) is 4.32. The number of H-pyrrole nitrogens is 1. The van der Waals surface area contributed by atoms with Crippen LogP contribution in [-0.2, 0) is 17.8 Å². The second-order valence-electron chi connectivity index (χ2n) is 7.21. The molecule has 0 bridgehead atoms. The van der Waals surface area contributed by atoms with Crippen LogP contribution in [0.1, 0.15) is 22.0 Å². The van der Waals surface area contributed by atoms with Crippen LogP contribution in [0.2, 0.25) is 0 Å². The van der Waals surface area contributed by atoms with Crippen LogP contribution in [0.15, 0.2) is 42.5 Å². The zero-order valence-corrected chi connectivity index (χ0v) is 15.8. The predicted octanol–water partition coefficient (Wildman–Crippen LogP) is 2.49. The number of aromatic nitrogens is 4. The van der Waals surface area contributed by atoms with Gasteiger partial charge < -0.3 is 19.4 Å². The number of aromatic carboxylic acids is 1. The molecule has 0 radical (unpaired) electrons. The van der Waals surface area contributed by atoms with E-state index in [4.69, 9.17) is 9.72 Å². The summed E-state index contributed by atoms with van der Waals surface area (Å²) in [5.74, 6) is 0.762. The highest BCUT2D eigenvalue weighted by Crippen LogP contribution is 2.22. The van der Waals surface area contributed by atoms with Gasteiger partial charge in [0.1, 0.15) is 11.6 Å². The van der Waals surface area contributed by atoms with E-state index in [0.717, 1.165) is 46.8 Å². The summed E-state index contributed by atoms with van der Waals surface area (Å²) in [5, 5.41) is 9.42. The van der Waals surface area contributed by atoms with Crippen molar-refractivity contribution in [1.82, 2.24) is 24.4 Å². The fourth-order valence-electron chi connectivity index (χ4n) is 3.79. The van der Waals surface area contributed by atoms with E-state index in [-0.39, 0.29) is 5.56 Å². The first-order chi connectivity index (χ1) is 14.2. The highest BCUT2D eigenvalue weighted by atomic mass is 16.5. The molecule has 4 aromatic rings. The van der Waals surface area contributed by atoms with Gasteiger partial charge in [0.15, 0.2) is 0 Å². The third-order valence-electron chi connectivity index (χ3n) is 5.29. The van der Waals surface area contributed by atoms with Gasteiger partial charge in [0.05, 0.1) is 53.9 Å². The zero-order valence-electron chi connectivity index (χ0n) is 15.8. The van der Waals surface area contributed by atoms with Crippen molar-refractivity contribution in [3.63, 3.8) is 0 Å². The molecule has 8 heteroatoms. The summed E-state index contributed by atoms with van der Waals surface area (Å²) in [6, 6.07) is 13.0. The lowest BCUT2D eigenvalue weighted by atomic mass is 10.2. The number of ether oxygens (including phenoxy) is 1. The molecule has 1 saturated heterocycles. The molecule has 0 saturated carbocycles. The Morgan fingerprint density at radius 1 is 1.07 bits per heavy atom.